The zero-order valence-corrected chi connectivity index (χ0v) is 31.7. The maximum atomic E-state index is 14.4. The number of benzene rings is 1. The summed E-state index contributed by atoms with van der Waals surface area (Å²) >= 11 is 0. The normalized spacial score (nSPS) is 24.0. The zero-order valence-electron chi connectivity index (χ0n) is 30.9. The Hall–Kier alpha value is -4.80. The molecular weight excluding hydrogens is 725 g/mol. The summed E-state index contributed by atoms with van der Waals surface area (Å²) < 4.78 is 53.0. The first-order chi connectivity index (χ1) is 25.4. The van der Waals surface area contributed by atoms with Crippen LogP contribution in [-0.4, -0.2) is 95.0 Å². The van der Waals surface area contributed by atoms with Crippen LogP contribution in [0.2, 0.25) is 0 Å². The van der Waals surface area contributed by atoms with Gasteiger partial charge in [-0.05, 0) is 70.6 Å². The summed E-state index contributed by atoms with van der Waals surface area (Å²) in [6.45, 7) is 10.2. The molecule has 1 aromatic rings. The van der Waals surface area contributed by atoms with Crippen LogP contribution in [0.15, 0.2) is 43.0 Å². The van der Waals surface area contributed by atoms with Crippen molar-refractivity contribution in [2.24, 2.45) is 5.92 Å². The molecule has 3 N–H and O–H groups in total. The molecule has 4 aliphatic rings. The molecular formula is C37H48FN5O10S. The number of hydrogen-bond donors (Lipinski definition) is 3. The molecule has 2 aliphatic carbocycles. The van der Waals surface area contributed by atoms with Gasteiger partial charge in [0.2, 0.25) is 21.8 Å². The Morgan fingerprint density at radius 3 is 2.46 bits per heavy atom. The van der Waals surface area contributed by atoms with E-state index in [1.807, 2.05) is 6.92 Å². The minimum atomic E-state index is -3.97. The number of halogens is 1. The lowest BCUT2D eigenvalue weighted by Crippen LogP contribution is -2.58. The van der Waals surface area contributed by atoms with E-state index in [1.54, 1.807) is 32.9 Å². The largest absolute Gasteiger partial charge is 0.444 e. The van der Waals surface area contributed by atoms with E-state index in [1.165, 1.54) is 29.2 Å². The predicted molar refractivity (Wildman–Crippen MR) is 192 cm³/mol. The van der Waals surface area contributed by atoms with Crippen LogP contribution in [0.25, 0.3) is 0 Å². The average Bonchev–Trinajstić information content (AvgIpc) is 3.98. The van der Waals surface area contributed by atoms with Gasteiger partial charge in [-0.15, -0.1) is 6.58 Å². The fraction of sp³-hybridized carbons (Fsp3) is 0.568. The van der Waals surface area contributed by atoms with Crippen LogP contribution in [-0.2, 0) is 51.8 Å². The Kier molecular flexibility index (Phi) is 11.9. The Bertz CT molecular complexity index is 1840. The molecule has 0 aromatic heterocycles. The second-order valence-corrected chi connectivity index (χ2v) is 17.1. The van der Waals surface area contributed by atoms with Gasteiger partial charge in [-0.2, -0.15) is 0 Å². The number of likely N-dealkylation sites (tertiary alicyclic amines) is 1. The highest BCUT2D eigenvalue weighted by molar-refractivity contribution is 7.91. The van der Waals surface area contributed by atoms with Crippen molar-refractivity contribution >= 4 is 45.7 Å². The van der Waals surface area contributed by atoms with Crippen molar-refractivity contribution in [3.63, 3.8) is 0 Å². The molecule has 2 aliphatic heterocycles. The summed E-state index contributed by atoms with van der Waals surface area (Å²) in [7, 11) is -3.97. The Labute approximate surface area is 314 Å². The van der Waals surface area contributed by atoms with E-state index < -0.39 is 86.2 Å². The number of amides is 5. The molecule has 1 aromatic carbocycles. The second-order valence-electron chi connectivity index (χ2n) is 15.2. The molecule has 5 rings (SSSR count). The van der Waals surface area contributed by atoms with Crippen LogP contribution in [0.4, 0.5) is 14.0 Å². The van der Waals surface area contributed by atoms with Crippen molar-refractivity contribution in [2.75, 3.05) is 6.54 Å². The molecule has 15 nitrogen and oxygen atoms in total. The van der Waals surface area contributed by atoms with Gasteiger partial charge >= 0.3 is 12.2 Å². The number of fused-ring (bicyclic) bond motifs is 1. The van der Waals surface area contributed by atoms with Crippen molar-refractivity contribution in [2.45, 2.75) is 120 Å². The first-order valence-corrected chi connectivity index (χ1v) is 19.6. The average molecular weight is 774 g/mol. The van der Waals surface area contributed by atoms with Crippen LogP contribution in [0, 0.1) is 11.7 Å². The molecule has 5 atom stereocenters. The third-order valence-electron chi connectivity index (χ3n) is 9.76. The first kappa shape index (κ1) is 40.4. The van der Waals surface area contributed by atoms with Gasteiger partial charge in [0.15, 0.2) is 5.78 Å². The quantitative estimate of drug-likeness (QED) is 0.187. The SMILES string of the molecule is C=C[C@@H]1C[C@]1(NC(=O)[C@@H]1C[C@@H](OC(=O)N2Cc3cccc(F)c3C2)CN1C(=O)[C@H](CCC(=O)C=CCC)NC(=O)OC(C)(C)C)C(=O)NS(=O)(=O)C1CC1. The number of rotatable bonds is 14. The summed E-state index contributed by atoms with van der Waals surface area (Å²) in [5.41, 5.74) is -1.64. The number of alkyl carbamates (subject to hydrolysis) is 1. The highest BCUT2D eigenvalue weighted by Crippen LogP contribution is 2.45. The zero-order chi connectivity index (χ0) is 39.6. The summed E-state index contributed by atoms with van der Waals surface area (Å²) in [6.07, 6.45) is 2.57. The van der Waals surface area contributed by atoms with Crippen LogP contribution >= 0.6 is 0 Å². The lowest BCUT2D eigenvalue weighted by atomic mass is 10.1. The number of nitrogens with zero attached hydrogens (tertiary/aromatic N) is 2. The molecule has 0 radical (unpaired) electrons. The van der Waals surface area contributed by atoms with Crippen LogP contribution in [0.5, 0.6) is 0 Å². The molecule has 0 bridgehead atoms. The van der Waals surface area contributed by atoms with Gasteiger partial charge in [-0.1, -0.05) is 31.2 Å². The predicted octanol–water partition coefficient (Wildman–Crippen LogP) is 3.13. The summed E-state index contributed by atoms with van der Waals surface area (Å²) in [6, 6.07) is 1.80. The highest BCUT2D eigenvalue weighted by atomic mass is 32.2. The van der Waals surface area contributed by atoms with Crippen LogP contribution < -0.4 is 15.4 Å². The van der Waals surface area contributed by atoms with Gasteiger partial charge in [0.05, 0.1) is 18.3 Å². The fourth-order valence-electron chi connectivity index (χ4n) is 6.65. The Morgan fingerprint density at radius 2 is 1.85 bits per heavy atom. The summed E-state index contributed by atoms with van der Waals surface area (Å²) in [5, 5.41) is 4.48. The Balaban J connectivity index is 1.39. The molecule has 3 fully saturated rings. The third-order valence-corrected chi connectivity index (χ3v) is 11.6. The highest BCUT2D eigenvalue weighted by Gasteiger charge is 2.62. The van der Waals surface area contributed by atoms with E-state index in [2.05, 4.69) is 21.9 Å². The lowest BCUT2D eigenvalue weighted by Gasteiger charge is -2.30. The van der Waals surface area contributed by atoms with Gasteiger partial charge in [0, 0.05) is 30.9 Å². The van der Waals surface area contributed by atoms with Gasteiger partial charge in [0.25, 0.3) is 5.91 Å². The molecule has 2 saturated carbocycles. The number of carbonyl (C=O) groups is 6. The minimum Gasteiger partial charge on any atom is -0.444 e. The van der Waals surface area contributed by atoms with E-state index in [4.69, 9.17) is 9.47 Å². The molecule has 2 heterocycles. The van der Waals surface area contributed by atoms with Crippen molar-refractivity contribution in [1.29, 1.82) is 0 Å². The van der Waals surface area contributed by atoms with E-state index >= 15 is 0 Å². The monoisotopic (exact) mass is 773 g/mol. The van der Waals surface area contributed by atoms with Crippen molar-refractivity contribution < 1.29 is 51.0 Å². The molecule has 54 heavy (non-hydrogen) atoms. The van der Waals surface area contributed by atoms with Crippen molar-refractivity contribution in [3.05, 3.63) is 60.0 Å². The number of allylic oxidation sites excluding steroid dienone is 2. The van der Waals surface area contributed by atoms with E-state index in [9.17, 15) is 41.6 Å². The standard InChI is InChI=1S/C37H48FN5O10S/c1-6-8-11-24(44)13-16-29(39-34(48)53-36(3,4)5)32(46)43-20-25(52-35(49)42-19-22-10-9-12-28(38)27(22)21-42)17-30(43)31(45)40-37(18-23(37)7-2)33(47)41-54(50,51)26-14-15-26/h7-12,23,25-26,29-30H,2,6,13-21H2,1,3-5H3,(H,39,48)(H,40,45)(H,41,47)/t23-,25-,29+,30+,37-/m1/s1. The summed E-state index contributed by atoms with van der Waals surface area (Å²) in [4.78, 5) is 83.2. The van der Waals surface area contributed by atoms with E-state index in [0.717, 1.165) is 4.90 Å². The third kappa shape index (κ3) is 9.46. The fourth-order valence-corrected chi connectivity index (χ4v) is 8.01. The maximum Gasteiger partial charge on any atom is 0.410 e. The van der Waals surface area contributed by atoms with Crippen molar-refractivity contribution in [3.8, 4) is 0 Å². The summed E-state index contributed by atoms with van der Waals surface area (Å²) in [5.74, 6) is -3.94. The number of hydrogen-bond acceptors (Lipinski definition) is 10. The molecule has 5 amide bonds. The minimum absolute atomic E-state index is 0.0488. The van der Waals surface area contributed by atoms with Crippen LogP contribution in [0.3, 0.4) is 0 Å². The maximum absolute atomic E-state index is 14.4. The number of ether oxygens (including phenoxy) is 2. The van der Waals surface area contributed by atoms with Crippen molar-refractivity contribution in [1.82, 2.24) is 25.2 Å². The molecule has 294 valence electrons. The van der Waals surface area contributed by atoms with Crippen LogP contribution in [0.1, 0.15) is 83.8 Å². The number of ketones is 1. The number of nitrogens with one attached hydrogen (secondary N) is 3. The van der Waals surface area contributed by atoms with E-state index in [0.29, 0.717) is 30.4 Å². The smallest absolute Gasteiger partial charge is 0.410 e. The second kappa shape index (κ2) is 15.9. The van der Waals surface area contributed by atoms with Gasteiger partial charge in [-0.3, -0.25) is 28.8 Å². The molecule has 0 spiro atoms. The molecule has 1 saturated heterocycles. The molecule has 0 unspecified atom stereocenters. The van der Waals surface area contributed by atoms with Gasteiger partial charge in [-0.25, -0.2) is 22.4 Å². The number of sulfonamides is 1. The Morgan fingerprint density at radius 1 is 1.13 bits per heavy atom. The van der Waals surface area contributed by atoms with Gasteiger partial charge < -0.3 is 25.0 Å². The number of carbonyl (C=O) groups excluding carboxylic acids is 6. The first-order valence-electron chi connectivity index (χ1n) is 18.1. The molecule has 17 heteroatoms. The lowest BCUT2D eigenvalue weighted by molar-refractivity contribution is -0.141. The van der Waals surface area contributed by atoms with Gasteiger partial charge in [0.1, 0.15) is 35.1 Å². The topological polar surface area (TPSA) is 198 Å². The van der Waals surface area contributed by atoms with E-state index in [-0.39, 0.29) is 51.1 Å².